The van der Waals surface area contributed by atoms with Gasteiger partial charge in [-0.15, -0.1) is 0 Å². The highest BCUT2D eigenvalue weighted by molar-refractivity contribution is 6.31. The van der Waals surface area contributed by atoms with Crippen LogP contribution in [0.1, 0.15) is 25.3 Å². The third-order valence-electron chi connectivity index (χ3n) is 3.47. The van der Waals surface area contributed by atoms with Gasteiger partial charge in [-0.05, 0) is 24.5 Å². The van der Waals surface area contributed by atoms with E-state index >= 15 is 0 Å². The first-order chi connectivity index (χ1) is 9.49. The van der Waals surface area contributed by atoms with Crippen LogP contribution in [0.2, 0.25) is 5.02 Å². The highest BCUT2D eigenvalue weighted by Crippen LogP contribution is 2.32. The molecule has 0 aromatic heterocycles. The molecule has 5 heteroatoms. The van der Waals surface area contributed by atoms with Crippen molar-refractivity contribution in [2.24, 2.45) is 11.8 Å². The fourth-order valence-corrected chi connectivity index (χ4v) is 2.26. The van der Waals surface area contributed by atoms with Crippen LogP contribution in [0.25, 0.3) is 0 Å². The normalized spacial score (nSPS) is 15.7. The minimum atomic E-state index is -0.891. The lowest BCUT2D eigenvalue weighted by Crippen LogP contribution is -2.37. The van der Waals surface area contributed by atoms with Gasteiger partial charge in [0.1, 0.15) is 0 Å². The van der Waals surface area contributed by atoms with Crippen molar-refractivity contribution in [1.82, 2.24) is 4.90 Å². The molecule has 1 saturated carbocycles. The topological polar surface area (TPSA) is 57.6 Å². The van der Waals surface area contributed by atoms with Crippen molar-refractivity contribution in [2.45, 2.75) is 26.3 Å². The molecule has 1 aliphatic rings. The van der Waals surface area contributed by atoms with E-state index in [1.807, 2.05) is 18.2 Å². The minimum Gasteiger partial charge on any atom is -0.481 e. The average Bonchev–Trinajstić information content (AvgIpc) is 3.23. The van der Waals surface area contributed by atoms with Crippen LogP contribution in [-0.4, -0.2) is 28.4 Å². The zero-order chi connectivity index (χ0) is 14.7. The Balaban J connectivity index is 2.11. The summed E-state index contributed by atoms with van der Waals surface area (Å²) in [5.74, 6) is -1.37. The molecule has 1 aromatic rings. The van der Waals surface area contributed by atoms with Crippen molar-refractivity contribution in [3.05, 3.63) is 34.9 Å². The highest BCUT2D eigenvalue weighted by atomic mass is 35.5. The molecule has 0 radical (unpaired) electrons. The lowest BCUT2D eigenvalue weighted by Gasteiger charge is -2.25. The Bertz CT molecular complexity index is 514. The van der Waals surface area contributed by atoms with Gasteiger partial charge in [0.05, 0.1) is 5.92 Å². The molecular formula is C15H18ClNO3. The van der Waals surface area contributed by atoms with Crippen molar-refractivity contribution in [1.29, 1.82) is 0 Å². The predicted octanol–water partition coefficient (Wildman–Crippen LogP) is 2.80. The van der Waals surface area contributed by atoms with Gasteiger partial charge in [-0.25, -0.2) is 0 Å². The first-order valence-electron chi connectivity index (χ1n) is 6.74. The number of carboxylic acid groups (broad SMARTS) is 1. The van der Waals surface area contributed by atoms with Crippen LogP contribution in [0.3, 0.4) is 0 Å². The van der Waals surface area contributed by atoms with E-state index in [1.165, 1.54) is 0 Å². The summed E-state index contributed by atoms with van der Waals surface area (Å²) in [6, 6.07) is 7.33. The van der Waals surface area contributed by atoms with Crippen LogP contribution in [0, 0.1) is 11.8 Å². The Morgan fingerprint density at radius 3 is 2.60 bits per heavy atom. The molecule has 1 atom stereocenters. The second kappa shape index (κ2) is 6.27. The largest absolute Gasteiger partial charge is 0.481 e. The van der Waals surface area contributed by atoms with Gasteiger partial charge >= 0.3 is 5.97 Å². The highest BCUT2D eigenvalue weighted by Gasteiger charge is 2.34. The van der Waals surface area contributed by atoms with Crippen molar-refractivity contribution in [3.8, 4) is 0 Å². The quantitative estimate of drug-likeness (QED) is 0.878. The van der Waals surface area contributed by atoms with Gasteiger partial charge in [0.15, 0.2) is 0 Å². The number of benzene rings is 1. The Morgan fingerprint density at radius 2 is 2.05 bits per heavy atom. The number of nitrogens with zero attached hydrogens (tertiary/aromatic N) is 1. The summed E-state index contributed by atoms with van der Waals surface area (Å²) < 4.78 is 0. The third-order valence-corrected chi connectivity index (χ3v) is 3.84. The third kappa shape index (κ3) is 3.73. The van der Waals surface area contributed by atoms with E-state index < -0.39 is 11.9 Å². The van der Waals surface area contributed by atoms with Gasteiger partial charge in [-0.3, -0.25) is 9.59 Å². The van der Waals surface area contributed by atoms with E-state index in [9.17, 15) is 9.59 Å². The molecule has 0 saturated heterocycles. The van der Waals surface area contributed by atoms with Gasteiger partial charge in [0, 0.05) is 24.0 Å². The maximum atomic E-state index is 12.3. The van der Waals surface area contributed by atoms with E-state index in [4.69, 9.17) is 16.7 Å². The molecule has 1 amide bonds. The van der Waals surface area contributed by atoms with Gasteiger partial charge in [0.2, 0.25) is 5.91 Å². The summed E-state index contributed by atoms with van der Waals surface area (Å²) in [6.07, 6.45) is 1.80. The SMILES string of the molecule is CC(CN(Cc1ccccc1Cl)C(=O)C1CC1)C(=O)O. The second-order valence-electron chi connectivity index (χ2n) is 5.32. The summed E-state index contributed by atoms with van der Waals surface area (Å²) in [5, 5.41) is 9.62. The fraction of sp³-hybridized carbons (Fsp3) is 0.467. The van der Waals surface area contributed by atoms with Crippen LogP contribution >= 0.6 is 11.6 Å². The van der Waals surface area contributed by atoms with E-state index in [1.54, 1.807) is 17.9 Å². The fourth-order valence-electron chi connectivity index (χ4n) is 2.06. The van der Waals surface area contributed by atoms with Crippen molar-refractivity contribution >= 4 is 23.5 Å². The Morgan fingerprint density at radius 1 is 1.40 bits per heavy atom. The molecule has 20 heavy (non-hydrogen) atoms. The standard InChI is InChI=1S/C15H18ClNO3/c1-10(15(19)20)8-17(14(18)11-6-7-11)9-12-4-2-3-5-13(12)16/h2-5,10-11H,6-9H2,1H3,(H,19,20). The number of aliphatic carboxylic acids is 1. The number of carboxylic acids is 1. The smallest absolute Gasteiger partial charge is 0.308 e. The summed E-state index contributed by atoms with van der Waals surface area (Å²) in [4.78, 5) is 24.9. The number of hydrogen-bond acceptors (Lipinski definition) is 2. The van der Waals surface area contributed by atoms with E-state index in [0.717, 1.165) is 18.4 Å². The Labute approximate surface area is 123 Å². The molecule has 1 unspecified atom stereocenters. The summed E-state index contributed by atoms with van der Waals surface area (Å²) >= 11 is 6.11. The number of amides is 1. The monoisotopic (exact) mass is 295 g/mol. The number of hydrogen-bond donors (Lipinski definition) is 1. The van der Waals surface area contributed by atoms with E-state index in [-0.39, 0.29) is 18.4 Å². The van der Waals surface area contributed by atoms with Crippen LogP contribution in [0.15, 0.2) is 24.3 Å². The number of carbonyl (C=O) groups excluding carboxylic acids is 1. The molecule has 1 N–H and O–H groups in total. The van der Waals surface area contributed by atoms with Crippen molar-refractivity contribution in [2.75, 3.05) is 6.54 Å². The zero-order valence-corrected chi connectivity index (χ0v) is 12.1. The molecule has 2 rings (SSSR count). The summed E-state index contributed by atoms with van der Waals surface area (Å²) in [6.45, 7) is 2.20. The molecule has 108 valence electrons. The van der Waals surface area contributed by atoms with Gasteiger partial charge in [-0.1, -0.05) is 36.7 Å². The van der Waals surface area contributed by atoms with E-state index in [0.29, 0.717) is 11.6 Å². The van der Waals surface area contributed by atoms with Crippen LogP contribution in [0.5, 0.6) is 0 Å². The maximum absolute atomic E-state index is 12.3. The number of carbonyl (C=O) groups is 2. The molecular weight excluding hydrogens is 278 g/mol. The second-order valence-corrected chi connectivity index (χ2v) is 5.73. The number of halogens is 1. The summed E-state index contributed by atoms with van der Waals surface area (Å²) in [5.41, 5.74) is 0.848. The molecule has 0 aliphatic heterocycles. The number of rotatable bonds is 6. The molecule has 0 bridgehead atoms. The van der Waals surface area contributed by atoms with Crippen molar-refractivity contribution < 1.29 is 14.7 Å². The van der Waals surface area contributed by atoms with Crippen LogP contribution in [0.4, 0.5) is 0 Å². The lowest BCUT2D eigenvalue weighted by atomic mass is 10.1. The lowest BCUT2D eigenvalue weighted by molar-refractivity contribution is -0.143. The van der Waals surface area contributed by atoms with E-state index in [2.05, 4.69) is 0 Å². The van der Waals surface area contributed by atoms with Crippen molar-refractivity contribution in [3.63, 3.8) is 0 Å². The molecule has 1 aromatic carbocycles. The first kappa shape index (κ1) is 14.9. The molecule has 1 fully saturated rings. The van der Waals surface area contributed by atoms with Gasteiger partial charge in [0.25, 0.3) is 0 Å². The first-order valence-corrected chi connectivity index (χ1v) is 7.12. The molecule has 1 aliphatic carbocycles. The molecule has 0 spiro atoms. The minimum absolute atomic E-state index is 0.0398. The molecule has 0 heterocycles. The molecule has 4 nitrogen and oxygen atoms in total. The summed E-state index contributed by atoms with van der Waals surface area (Å²) in [7, 11) is 0. The Kier molecular flexibility index (Phi) is 4.65. The van der Waals surface area contributed by atoms with Gasteiger partial charge in [-0.2, -0.15) is 0 Å². The van der Waals surface area contributed by atoms with Crippen LogP contribution < -0.4 is 0 Å². The average molecular weight is 296 g/mol. The predicted molar refractivity (Wildman–Crippen MR) is 76.4 cm³/mol. The maximum Gasteiger partial charge on any atom is 0.308 e. The van der Waals surface area contributed by atoms with Gasteiger partial charge < -0.3 is 10.0 Å². The zero-order valence-electron chi connectivity index (χ0n) is 11.4. The Hall–Kier alpha value is -1.55. The van der Waals surface area contributed by atoms with Crippen LogP contribution in [-0.2, 0) is 16.1 Å².